The summed E-state index contributed by atoms with van der Waals surface area (Å²) in [5.74, 6) is 1.35. The highest BCUT2D eigenvalue weighted by Crippen LogP contribution is 2.43. The summed E-state index contributed by atoms with van der Waals surface area (Å²) < 4.78 is 8.92. The van der Waals surface area contributed by atoms with E-state index in [9.17, 15) is 0 Å². The van der Waals surface area contributed by atoms with Gasteiger partial charge in [0.2, 0.25) is 5.90 Å². The molecule has 0 saturated heterocycles. The maximum atomic E-state index is 6.59. The molecule has 2 aliphatic rings. The fourth-order valence-corrected chi connectivity index (χ4v) is 8.68. The third-order valence-electron chi connectivity index (χ3n) is 11.4. The molecule has 264 valence electrons. The number of aryl methyl sites for hydroxylation is 3. The van der Waals surface area contributed by atoms with Gasteiger partial charge in [-0.15, -0.1) is 0 Å². The van der Waals surface area contributed by atoms with Crippen molar-refractivity contribution in [3.8, 4) is 28.0 Å². The third-order valence-corrected chi connectivity index (χ3v) is 11.4. The standard InChI is InChI=1S/C51H39N3O/c1-32-13-7-8-16-40(32)48-33(2)21-22-38-29-44-41-17-9-11-19-45(41)54(46(44)30-43(38)48)31-53-51-49(42-18-10-12-20-47(42)55-51)50(52-3)39-26-25-36-27-35(23-24-37(36)28-39)34-14-5-4-6-15-34/h4-24,27-30H,3,25-26,31H2,1-2H3/b50-49-,53-51+. The molecular formula is C51H39N3O. The van der Waals surface area contributed by atoms with Crippen LogP contribution < -0.4 is 4.74 Å². The molecule has 0 N–H and O–H groups in total. The second-order valence-electron chi connectivity index (χ2n) is 14.6. The van der Waals surface area contributed by atoms with Crippen LogP contribution in [0.4, 0.5) is 0 Å². The Morgan fingerprint density at radius 3 is 2.29 bits per heavy atom. The normalized spacial score (nSPS) is 15.2. The second-order valence-corrected chi connectivity index (χ2v) is 14.6. The summed E-state index contributed by atoms with van der Waals surface area (Å²) in [6.45, 7) is 8.88. The summed E-state index contributed by atoms with van der Waals surface area (Å²) >= 11 is 0. The average molecular weight is 710 g/mol. The quantitative estimate of drug-likeness (QED) is 0.158. The van der Waals surface area contributed by atoms with Crippen molar-refractivity contribution in [2.24, 2.45) is 9.98 Å². The van der Waals surface area contributed by atoms with Gasteiger partial charge in [-0.2, -0.15) is 0 Å². The van der Waals surface area contributed by atoms with Gasteiger partial charge in [-0.05, 0) is 125 Å². The Morgan fingerprint density at radius 2 is 1.44 bits per heavy atom. The summed E-state index contributed by atoms with van der Waals surface area (Å²) in [4.78, 5) is 10.00. The van der Waals surface area contributed by atoms with Crippen LogP contribution in [0.25, 0.3) is 66.5 Å². The Labute approximate surface area is 321 Å². The van der Waals surface area contributed by atoms with Crippen LogP contribution in [-0.2, 0) is 13.1 Å². The van der Waals surface area contributed by atoms with Crippen molar-refractivity contribution >= 4 is 56.8 Å². The predicted octanol–water partition coefficient (Wildman–Crippen LogP) is 12.8. The van der Waals surface area contributed by atoms with Crippen LogP contribution >= 0.6 is 0 Å². The summed E-state index contributed by atoms with van der Waals surface area (Å²) in [5, 5.41) is 4.89. The fraction of sp³-hybridized carbons (Fsp3) is 0.0980. The van der Waals surface area contributed by atoms with Crippen molar-refractivity contribution in [2.45, 2.75) is 33.4 Å². The number of fused-ring (bicyclic) bond motifs is 6. The van der Waals surface area contributed by atoms with E-state index in [0.717, 1.165) is 52.0 Å². The van der Waals surface area contributed by atoms with Crippen molar-refractivity contribution in [2.75, 3.05) is 0 Å². The second kappa shape index (κ2) is 13.3. The molecule has 1 aromatic heterocycles. The number of hydrogen-bond donors (Lipinski definition) is 0. The topological polar surface area (TPSA) is 38.9 Å². The lowest BCUT2D eigenvalue weighted by Gasteiger charge is -2.19. The molecular weight excluding hydrogens is 671 g/mol. The zero-order valence-corrected chi connectivity index (χ0v) is 31.0. The van der Waals surface area contributed by atoms with Crippen molar-refractivity contribution in [1.29, 1.82) is 0 Å². The highest BCUT2D eigenvalue weighted by atomic mass is 16.5. The summed E-state index contributed by atoms with van der Waals surface area (Å²) in [6.07, 6.45) is 4.04. The average Bonchev–Trinajstić information content (AvgIpc) is 3.74. The lowest BCUT2D eigenvalue weighted by atomic mass is 9.87. The molecule has 8 aromatic rings. The van der Waals surface area contributed by atoms with Gasteiger partial charge in [-0.25, -0.2) is 4.99 Å². The van der Waals surface area contributed by atoms with E-state index in [-0.39, 0.29) is 0 Å². The van der Waals surface area contributed by atoms with Crippen molar-refractivity contribution < 1.29 is 4.74 Å². The van der Waals surface area contributed by atoms with Gasteiger partial charge in [-0.1, -0.05) is 121 Å². The molecule has 10 rings (SSSR count). The van der Waals surface area contributed by atoms with Gasteiger partial charge < -0.3 is 9.30 Å². The van der Waals surface area contributed by atoms with E-state index in [1.165, 1.54) is 66.1 Å². The summed E-state index contributed by atoms with van der Waals surface area (Å²) in [7, 11) is 0. The van der Waals surface area contributed by atoms with Gasteiger partial charge in [0, 0.05) is 16.3 Å². The van der Waals surface area contributed by atoms with Crippen LogP contribution in [0.15, 0.2) is 167 Å². The van der Waals surface area contributed by atoms with E-state index < -0.39 is 0 Å². The van der Waals surface area contributed by atoms with Crippen LogP contribution in [0, 0.1) is 13.8 Å². The number of aliphatic imine (C=N–C) groups is 2. The zero-order chi connectivity index (χ0) is 37.0. The van der Waals surface area contributed by atoms with Gasteiger partial charge in [0.25, 0.3) is 0 Å². The van der Waals surface area contributed by atoms with Crippen LogP contribution in [0.5, 0.6) is 5.75 Å². The Kier molecular flexibility index (Phi) is 7.92. The first-order valence-electron chi connectivity index (χ1n) is 19.0. The van der Waals surface area contributed by atoms with Crippen molar-refractivity contribution in [3.63, 3.8) is 0 Å². The van der Waals surface area contributed by atoms with E-state index in [4.69, 9.17) is 14.7 Å². The minimum atomic E-state index is 0.377. The van der Waals surface area contributed by atoms with E-state index in [1.807, 2.05) is 18.2 Å². The Hall–Kier alpha value is -6.78. The number of allylic oxidation sites excluding steroid dienone is 1. The molecule has 0 bridgehead atoms. The van der Waals surface area contributed by atoms with E-state index in [0.29, 0.717) is 12.6 Å². The van der Waals surface area contributed by atoms with Crippen molar-refractivity contribution in [3.05, 3.63) is 185 Å². The van der Waals surface area contributed by atoms with E-state index in [1.54, 1.807) is 0 Å². The molecule has 0 unspecified atom stereocenters. The van der Waals surface area contributed by atoms with Crippen LogP contribution in [0.2, 0.25) is 0 Å². The predicted molar refractivity (Wildman–Crippen MR) is 231 cm³/mol. The highest BCUT2D eigenvalue weighted by Gasteiger charge is 2.30. The number of nitrogens with zero attached hydrogens (tertiary/aromatic N) is 3. The maximum Gasteiger partial charge on any atom is 0.226 e. The minimum Gasteiger partial charge on any atom is -0.438 e. The molecule has 1 aliphatic carbocycles. The molecule has 1 aliphatic heterocycles. The number of rotatable bonds is 6. The molecule has 0 fully saturated rings. The smallest absolute Gasteiger partial charge is 0.226 e. The number of aromatic nitrogens is 1. The van der Waals surface area contributed by atoms with E-state index in [2.05, 4.69) is 159 Å². The fourth-order valence-electron chi connectivity index (χ4n) is 8.68. The minimum absolute atomic E-state index is 0.377. The Morgan fingerprint density at radius 1 is 0.655 bits per heavy atom. The Balaban J connectivity index is 1.11. The molecule has 0 amide bonds. The van der Waals surface area contributed by atoms with Crippen LogP contribution in [-0.4, -0.2) is 17.2 Å². The number of para-hydroxylation sites is 2. The van der Waals surface area contributed by atoms with Gasteiger partial charge in [-0.3, -0.25) is 4.99 Å². The number of ether oxygens (including phenoxy) is 1. The van der Waals surface area contributed by atoms with Crippen LogP contribution in [0.1, 0.15) is 34.2 Å². The molecule has 0 radical (unpaired) electrons. The molecule has 4 nitrogen and oxygen atoms in total. The number of benzene rings is 7. The molecule has 0 spiro atoms. The molecule has 0 saturated carbocycles. The summed E-state index contributed by atoms with van der Waals surface area (Å²) in [5.41, 5.74) is 16.2. The summed E-state index contributed by atoms with van der Waals surface area (Å²) in [6, 6.07) is 52.0. The maximum absolute atomic E-state index is 6.59. The molecule has 4 heteroatoms. The Bertz CT molecular complexity index is 2960. The molecule has 0 atom stereocenters. The lowest BCUT2D eigenvalue weighted by molar-refractivity contribution is 0.561. The lowest BCUT2D eigenvalue weighted by Crippen LogP contribution is -2.09. The molecule has 7 aromatic carbocycles. The van der Waals surface area contributed by atoms with Gasteiger partial charge in [0.05, 0.1) is 22.3 Å². The monoisotopic (exact) mass is 709 g/mol. The van der Waals surface area contributed by atoms with Gasteiger partial charge >= 0.3 is 0 Å². The highest BCUT2D eigenvalue weighted by molar-refractivity contribution is 6.26. The first kappa shape index (κ1) is 32.8. The first-order valence-corrected chi connectivity index (χ1v) is 19.0. The molecule has 55 heavy (non-hydrogen) atoms. The van der Waals surface area contributed by atoms with E-state index >= 15 is 0 Å². The van der Waals surface area contributed by atoms with Gasteiger partial charge in [0.1, 0.15) is 12.4 Å². The van der Waals surface area contributed by atoms with Crippen LogP contribution in [0.3, 0.4) is 0 Å². The number of hydrogen-bond acceptors (Lipinski definition) is 3. The largest absolute Gasteiger partial charge is 0.438 e. The molecule has 2 heterocycles. The van der Waals surface area contributed by atoms with Crippen molar-refractivity contribution in [1.82, 2.24) is 4.57 Å². The third kappa shape index (κ3) is 5.52. The first-order chi connectivity index (χ1) is 27.1. The van der Waals surface area contributed by atoms with Gasteiger partial charge in [0.15, 0.2) is 0 Å². The SMILES string of the molecule is C=N/C(C1=Cc2ccc(-c3ccccc3)cc2CC1)=C1\C(=N/Cn2c3ccccc3c3cc4ccc(C)c(-c5ccccc5C)c4cc32)Oc2ccccc21. The zero-order valence-electron chi connectivity index (χ0n) is 31.0.